The monoisotopic (exact) mass is 237 g/mol. The molecule has 0 heterocycles. The van der Waals surface area contributed by atoms with Crippen LogP contribution in [0.2, 0.25) is 0 Å². The minimum Gasteiger partial charge on any atom is -0.481 e. The molecule has 1 atom stereocenters. The number of carbonyl (C=O) groups is 2. The van der Waals surface area contributed by atoms with Crippen LogP contribution in [0.15, 0.2) is 18.2 Å². The van der Waals surface area contributed by atoms with Crippen molar-refractivity contribution in [3.8, 4) is 5.75 Å². The Kier molecular flexibility index (Phi) is 4.09. The van der Waals surface area contributed by atoms with Gasteiger partial charge in [0, 0.05) is 7.05 Å². The van der Waals surface area contributed by atoms with Crippen LogP contribution in [0.5, 0.6) is 5.75 Å². The van der Waals surface area contributed by atoms with Crippen molar-refractivity contribution in [2.45, 2.75) is 20.0 Å². The molecule has 5 nitrogen and oxygen atoms in total. The molecular formula is C12H15NO4. The molecule has 5 heteroatoms. The minimum atomic E-state index is -1.03. The van der Waals surface area contributed by atoms with Crippen LogP contribution in [0.3, 0.4) is 0 Å². The second kappa shape index (κ2) is 5.34. The second-order valence-corrected chi connectivity index (χ2v) is 3.66. The number of aryl methyl sites for hydroxylation is 1. The average molecular weight is 237 g/mol. The zero-order valence-corrected chi connectivity index (χ0v) is 9.98. The summed E-state index contributed by atoms with van der Waals surface area (Å²) in [5.74, 6) is -0.881. The highest BCUT2D eigenvalue weighted by molar-refractivity contribution is 5.88. The van der Waals surface area contributed by atoms with Crippen molar-refractivity contribution in [3.05, 3.63) is 29.3 Å². The first kappa shape index (κ1) is 13.0. The maximum Gasteiger partial charge on any atom is 0.335 e. The van der Waals surface area contributed by atoms with Gasteiger partial charge in [-0.3, -0.25) is 4.79 Å². The molecule has 0 radical (unpaired) electrons. The number of amides is 1. The summed E-state index contributed by atoms with van der Waals surface area (Å²) in [5, 5.41) is 11.3. The number of aromatic carboxylic acids is 1. The van der Waals surface area contributed by atoms with E-state index in [-0.39, 0.29) is 11.5 Å². The molecule has 1 aromatic rings. The molecule has 0 aromatic heterocycles. The summed E-state index contributed by atoms with van der Waals surface area (Å²) in [6.45, 7) is 3.39. The summed E-state index contributed by atoms with van der Waals surface area (Å²) in [6.07, 6.45) is -0.664. The minimum absolute atomic E-state index is 0.134. The van der Waals surface area contributed by atoms with Crippen LogP contribution < -0.4 is 10.1 Å². The van der Waals surface area contributed by atoms with Gasteiger partial charge in [0.15, 0.2) is 6.10 Å². The summed E-state index contributed by atoms with van der Waals surface area (Å²) < 4.78 is 5.41. The Bertz CT molecular complexity index is 442. The van der Waals surface area contributed by atoms with E-state index in [4.69, 9.17) is 9.84 Å². The molecule has 0 fully saturated rings. The number of ether oxygens (including phenoxy) is 1. The van der Waals surface area contributed by atoms with Crippen molar-refractivity contribution >= 4 is 11.9 Å². The van der Waals surface area contributed by atoms with E-state index in [0.717, 1.165) is 5.56 Å². The normalized spacial score (nSPS) is 11.7. The second-order valence-electron chi connectivity index (χ2n) is 3.66. The molecule has 0 saturated heterocycles. The van der Waals surface area contributed by atoms with Gasteiger partial charge in [0.1, 0.15) is 5.75 Å². The van der Waals surface area contributed by atoms with Gasteiger partial charge in [-0.15, -0.1) is 0 Å². The molecule has 1 rings (SSSR count). The van der Waals surface area contributed by atoms with Gasteiger partial charge in [-0.25, -0.2) is 4.79 Å². The van der Waals surface area contributed by atoms with Gasteiger partial charge >= 0.3 is 5.97 Å². The average Bonchev–Trinajstić information content (AvgIpc) is 2.30. The number of carboxylic acids is 1. The number of carboxylic acid groups (broad SMARTS) is 1. The Labute approximate surface area is 99.4 Å². The molecule has 2 N–H and O–H groups in total. The van der Waals surface area contributed by atoms with E-state index >= 15 is 0 Å². The van der Waals surface area contributed by atoms with Crippen LogP contribution >= 0.6 is 0 Å². The predicted molar refractivity (Wildman–Crippen MR) is 62.3 cm³/mol. The van der Waals surface area contributed by atoms with E-state index in [0.29, 0.717) is 5.75 Å². The van der Waals surface area contributed by atoms with Crippen molar-refractivity contribution in [1.82, 2.24) is 5.32 Å². The number of hydrogen-bond donors (Lipinski definition) is 2. The molecule has 0 aliphatic rings. The Morgan fingerprint density at radius 1 is 1.41 bits per heavy atom. The Morgan fingerprint density at radius 3 is 2.59 bits per heavy atom. The maximum atomic E-state index is 11.3. The van der Waals surface area contributed by atoms with Gasteiger partial charge in [-0.05, 0) is 31.5 Å². The lowest BCUT2D eigenvalue weighted by Gasteiger charge is -2.15. The summed E-state index contributed by atoms with van der Waals surface area (Å²) >= 11 is 0. The Balaban J connectivity index is 2.93. The van der Waals surface area contributed by atoms with Crippen LogP contribution in [0.4, 0.5) is 0 Å². The molecule has 0 aliphatic carbocycles. The third-order valence-corrected chi connectivity index (χ3v) is 2.35. The number of hydrogen-bond acceptors (Lipinski definition) is 3. The van der Waals surface area contributed by atoms with Gasteiger partial charge in [0.05, 0.1) is 5.56 Å². The number of likely N-dealkylation sites (N-methyl/N-ethyl adjacent to an activating group) is 1. The maximum absolute atomic E-state index is 11.3. The molecule has 17 heavy (non-hydrogen) atoms. The van der Waals surface area contributed by atoms with Crippen molar-refractivity contribution in [1.29, 1.82) is 0 Å². The zero-order chi connectivity index (χ0) is 13.0. The van der Waals surface area contributed by atoms with Crippen molar-refractivity contribution in [3.63, 3.8) is 0 Å². The first-order chi connectivity index (χ1) is 7.95. The molecule has 92 valence electrons. The van der Waals surface area contributed by atoms with Crippen molar-refractivity contribution < 1.29 is 19.4 Å². The molecule has 1 aromatic carbocycles. The summed E-state index contributed by atoms with van der Waals surface area (Å²) in [7, 11) is 1.52. The molecule has 1 amide bonds. The molecule has 0 aliphatic heterocycles. The number of benzene rings is 1. The van der Waals surface area contributed by atoms with E-state index in [2.05, 4.69) is 5.32 Å². The van der Waals surface area contributed by atoms with Crippen LogP contribution in [0.1, 0.15) is 22.8 Å². The molecule has 0 saturated carbocycles. The number of nitrogens with one attached hydrogen (secondary N) is 1. The van der Waals surface area contributed by atoms with E-state index in [1.165, 1.54) is 19.2 Å². The highest BCUT2D eigenvalue weighted by Crippen LogP contribution is 2.20. The third kappa shape index (κ3) is 3.21. The standard InChI is InChI=1S/C12H15NO4/c1-7-4-5-9(12(15)16)6-10(7)17-8(2)11(14)13-3/h4-6,8H,1-3H3,(H,13,14)(H,15,16). The highest BCUT2D eigenvalue weighted by atomic mass is 16.5. The fraction of sp³-hybridized carbons (Fsp3) is 0.333. The summed E-state index contributed by atoms with van der Waals surface area (Å²) in [4.78, 5) is 22.1. The van der Waals surface area contributed by atoms with Gasteiger partial charge in [0.2, 0.25) is 0 Å². The smallest absolute Gasteiger partial charge is 0.335 e. The first-order valence-electron chi connectivity index (χ1n) is 5.18. The quantitative estimate of drug-likeness (QED) is 0.825. The zero-order valence-electron chi connectivity index (χ0n) is 9.98. The van der Waals surface area contributed by atoms with Gasteiger partial charge in [-0.1, -0.05) is 6.07 Å². The van der Waals surface area contributed by atoms with Crippen LogP contribution in [-0.2, 0) is 4.79 Å². The van der Waals surface area contributed by atoms with Gasteiger partial charge in [-0.2, -0.15) is 0 Å². The SMILES string of the molecule is CNC(=O)C(C)Oc1cc(C(=O)O)ccc1C. The van der Waals surface area contributed by atoms with Crippen LogP contribution in [0.25, 0.3) is 0 Å². The lowest BCUT2D eigenvalue weighted by atomic mass is 10.1. The molecule has 0 bridgehead atoms. The fourth-order valence-electron chi connectivity index (χ4n) is 1.31. The van der Waals surface area contributed by atoms with E-state index in [9.17, 15) is 9.59 Å². The fourth-order valence-corrected chi connectivity index (χ4v) is 1.31. The van der Waals surface area contributed by atoms with Gasteiger partial charge in [0.25, 0.3) is 5.91 Å². The van der Waals surface area contributed by atoms with Crippen molar-refractivity contribution in [2.75, 3.05) is 7.05 Å². The summed E-state index contributed by atoms with van der Waals surface area (Å²) in [6, 6.07) is 4.56. The van der Waals surface area contributed by atoms with Gasteiger partial charge < -0.3 is 15.2 Å². The summed E-state index contributed by atoms with van der Waals surface area (Å²) in [5.41, 5.74) is 0.917. The predicted octanol–water partition coefficient (Wildman–Crippen LogP) is 1.21. The lowest BCUT2D eigenvalue weighted by Crippen LogP contribution is -2.33. The largest absolute Gasteiger partial charge is 0.481 e. The van der Waals surface area contributed by atoms with E-state index < -0.39 is 12.1 Å². The molecular weight excluding hydrogens is 222 g/mol. The molecule has 0 spiro atoms. The van der Waals surface area contributed by atoms with Crippen LogP contribution in [0, 0.1) is 6.92 Å². The van der Waals surface area contributed by atoms with E-state index in [1.807, 2.05) is 0 Å². The van der Waals surface area contributed by atoms with Crippen LogP contribution in [-0.4, -0.2) is 30.1 Å². The Morgan fingerprint density at radius 2 is 2.06 bits per heavy atom. The highest BCUT2D eigenvalue weighted by Gasteiger charge is 2.15. The van der Waals surface area contributed by atoms with Crippen molar-refractivity contribution in [2.24, 2.45) is 0 Å². The number of rotatable bonds is 4. The molecule has 1 unspecified atom stereocenters. The van der Waals surface area contributed by atoms with E-state index in [1.54, 1.807) is 19.9 Å². The third-order valence-electron chi connectivity index (χ3n) is 2.35. The lowest BCUT2D eigenvalue weighted by molar-refractivity contribution is -0.126. The topological polar surface area (TPSA) is 75.6 Å². The first-order valence-corrected chi connectivity index (χ1v) is 5.18. The number of carbonyl (C=O) groups excluding carboxylic acids is 1. The Hall–Kier alpha value is -2.04.